The topological polar surface area (TPSA) is 136 Å². The number of carbonyl (C=O) groups excluding carboxylic acids is 2. The van der Waals surface area contributed by atoms with Gasteiger partial charge in [0.05, 0.1) is 22.9 Å². The van der Waals surface area contributed by atoms with Gasteiger partial charge >= 0.3 is 0 Å². The van der Waals surface area contributed by atoms with Gasteiger partial charge in [-0.2, -0.15) is 0 Å². The van der Waals surface area contributed by atoms with Crippen molar-refractivity contribution in [2.75, 3.05) is 40.3 Å². The number of hydrogen-bond donors (Lipinski definition) is 0. The molecule has 11 nitrogen and oxygen atoms in total. The molecule has 210 valence electrons. The second-order valence-corrected chi connectivity index (χ2v) is 9.70. The third-order valence-electron chi connectivity index (χ3n) is 6.39. The summed E-state index contributed by atoms with van der Waals surface area (Å²) in [4.78, 5) is 51.6. The van der Waals surface area contributed by atoms with E-state index in [0.717, 1.165) is 6.54 Å². The fourth-order valence-corrected chi connectivity index (χ4v) is 4.19. The fourth-order valence-electron chi connectivity index (χ4n) is 4.19. The molecule has 0 unspecified atom stereocenters. The van der Waals surface area contributed by atoms with Crippen LogP contribution >= 0.6 is 0 Å². The van der Waals surface area contributed by atoms with E-state index < -0.39 is 9.85 Å². The lowest BCUT2D eigenvalue weighted by Gasteiger charge is -2.30. The van der Waals surface area contributed by atoms with Gasteiger partial charge in [-0.05, 0) is 85.9 Å². The van der Waals surface area contributed by atoms with Gasteiger partial charge in [0.2, 0.25) is 0 Å². The lowest BCUT2D eigenvalue weighted by atomic mass is 9.93. The average Bonchev–Trinajstić information content (AvgIpc) is 2.95. The number of nitro benzene ring substituents is 2. The SMILES string of the molecule is CN(C)CCOc1ccc(C(=O)N2C/C(=C\c3ccc([N+](=O)[O-])cc3)C(=O)/C(=C/c3ccc([N+](=O)[O-])cc3)C2)cc1. The van der Waals surface area contributed by atoms with Crippen molar-refractivity contribution >= 4 is 35.2 Å². The van der Waals surface area contributed by atoms with Gasteiger partial charge in [-0.1, -0.05) is 0 Å². The number of nitro groups is 2. The first-order valence-electron chi connectivity index (χ1n) is 12.7. The summed E-state index contributed by atoms with van der Waals surface area (Å²) in [6.07, 6.45) is 3.22. The molecule has 0 spiro atoms. The zero-order valence-corrected chi connectivity index (χ0v) is 22.6. The van der Waals surface area contributed by atoms with Gasteiger partial charge in [-0.25, -0.2) is 0 Å². The molecule has 0 N–H and O–H groups in total. The number of carbonyl (C=O) groups is 2. The van der Waals surface area contributed by atoms with E-state index >= 15 is 0 Å². The van der Waals surface area contributed by atoms with E-state index in [9.17, 15) is 29.8 Å². The molecule has 1 amide bonds. The molecule has 11 heteroatoms. The van der Waals surface area contributed by atoms with Crippen molar-refractivity contribution in [3.8, 4) is 5.75 Å². The van der Waals surface area contributed by atoms with E-state index in [1.165, 1.54) is 53.4 Å². The van der Waals surface area contributed by atoms with Crippen molar-refractivity contribution in [2.24, 2.45) is 0 Å². The number of Topliss-reactive ketones (excluding diaryl/α,β-unsaturated/α-hetero) is 1. The van der Waals surface area contributed by atoms with Crippen LogP contribution in [0.2, 0.25) is 0 Å². The monoisotopic (exact) mass is 556 g/mol. The number of likely N-dealkylation sites (N-methyl/N-ethyl adjacent to an activating group) is 1. The van der Waals surface area contributed by atoms with E-state index in [0.29, 0.717) is 40.2 Å². The van der Waals surface area contributed by atoms with Crippen LogP contribution in [0.1, 0.15) is 21.5 Å². The molecule has 1 fully saturated rings. The Kier molecular flexibility index (Phi) is 9.00. The largest absolute Gasteiger partial charge is 0.492 e. The Morgan fingerprint density at radius 1 is 0.829 bits per heavy atom. The predicted octanol–water partition coefficient (Wildman–Crippen LogP) is 4.64. The number of nitrogens with zero attached hydrogens (tertiary/aromatic N) is 4. The molecule has 1 aliphatic heterocycles. The first kappa shape index (κ1) is 28.8. The van der Waals surface area contributed by atoms with Gasteiger partial charge < -0.3 is 14.5 Å². The molecule has 0 aliphatic carbocycles. The minimum Gasteiger partial charge on any atom is -0.492 e. The standard InChI is InChI=1S/C30H28N4O7/c1-31(2)15-16-41-28-13-7-23(8-14-28)30(36)32-19-24(17-21-3-9-26(10-4-21)33(37)38)29(35)25(20-32)18-22-5-11-27(12-6-22)34(39)40/h3-14,17-18H,15-16,19-20H2,1-2H3/b24-17+,25-18+. The Balaban J connectivity index is 1.62. The number of ketones is 1. The highest BCUT2D eigenvalue weighted by Gasteiger charge is 2.30. The third kappa shape index (κ3) is 7.49. The maximum Gasteiger partial charge on any atom is 0.269 e. The minimum atomic E-state index is -0.507. The number of likely N-dealkylation sites (tertiary alicyclic amines) is 1. The number of benzene rings is 3. The van der Waals surface area contributed by atoms with Gasteiger partial charge in [0.25, 0.3) is 17.3 Å². The second-order valence-electron chi connectivity index (χ2n) is 9.70. The van der Waals surface area contributed by atoms with Crippen molar-refractivity contribution in [3.63, 3.8) is 0 Å². The zero-order valence-electron chi connectivity index (χ0n) is 22.6. The minimum absolute atomic E-state index is 0.0351. The first-order chi connectivity index (χ1) is 19.6. The Hall–Kier alpha value is -5.16. The molecule has 3 aromatic rings. The van der Waals surface area contributed by atoms with E-state index in [4.69, 9.17) is 4.74 Å². The van der Waals surface area contributed by atoms with Crippen LogP contribution in [0.4, 0.5) is 11.4 Å². The summed E-state index contributed by atoms with van der Waals surface area (Å²) in [5.74, 6) is 0.0617. The number of ether oxygens (including phenoxy) is 1. The average molecular weight is 557 g/mol. The molecule has 4 rings (SSSR count). The van der Waals surface area contributed by atoms with Gasteiger partial charge in [0, 0.05) is 47.5 Å². The first-order valence-corrected chi connectivity index (χ1v) is 12.7. The van der Waals surface area contributed by atoms with Gasteiger partial charge in [0.1, 0.15) is 12.4 Å². The van der Waals surface area contributed by atoms with Gasteiger partial charge in [-0.15, -0.1) is 0 Å². The summed E-state index contributed by atoms with van der Waals surface area (Å²) < 4.78 is 5.71. The lowest BCUT2D eigenvalue weighted by molar-refractivity contribution is -0.385. The Morgan fingerprint density at radius 2 is 1.29 bits per heavy atom. The molecule has 0 atom stereocenters. The number of hydrogen-bond acceptors (Lipinski definition) is 8. The van der Waals surface area contributed by atoms with Crippen molar-refractivity contribution in [2.45, 2.75) is 0 Å². The maximum atomic E-state index is 13.5. The summed E-state index contributed by atoms with van der Waals surface area (Å²) in [5.41, 5.74) is 2.07. The molecule has 1 aliphatic rings. The normalized spacial score (nSPS) is 15.4. The number of non-ortho nitro benzene ring substituents is 2. The van der Waals surface area contributed by atoms with Crippen molar-refractivity contribution in [3.05, 3.63) is 121 Å². The van der Waals surface area contributed by atoms with E-state index in [1.807, 2.05) is 19.0 Å². The highest BCUT2D eigenvalue weighted by atomic mass is 16.6. The van der Waals surface area contributed by atoms with E-state index in [-0.39, 0.29) is 36.2 Å². The molecule has 0 radical (unpaired) electrons. The van der Waals surface area contributed by atoms with Crippen molar-refractivity contribution in [1.82, 2.24) is 9.80 Å². The number of piperidine rings is 1. The molecular formula is C30H28N4O7. The van der Waals surface area contributed by atoms with E-state index in [2.05, 4.69) is 0 Å². The van der Waals surface area contributed by atoms with E-state index in [1.54, 1.807) is 36.4 Å². The van der Waals surface area contributed by atoms with Crippen LogP contribution in [-0.2, 0) is 4.79 Å². The maximum absolute atomic E-state index is 13.5. The molecular weight excluding hydrogens is 528 g/mol. The lowest BCUT2D eigenvalue weighted by Crippen LogP contribution is -2.41. The zero-order chi connectivity index (χ0) is 29.5. The summed E-state index contributed by atoms with van der Waals surface area (Å²) in [6.45, 7) is 1.32. The van der Waals surface area contributed by atoms with Crippen molar-refractivity contribution in [1.29, 1.82) is 0 Å². The molecule has 1 saturated heterocycles. The highest BCUT2D eigenvalue weighted by molar-refractivity contribution is 6.15. The van der Waals surface area contributed by atoms with Crippen LogP contribution in [0, 0.1) is 20.2 Å². The van der Waals surface area contributed by atoms with Crippen LogP contribution in [0.25, 0.3) is 12.2 Å². The van der Waals surface area contributed by atoms with Gasteiger partial charge in [-0.3, -0.25) is 29.8 Å². The van der Waals surface area contributed by atoms with Crippen LogP contribution in [0.5, 0.6) is 5.75 Å². The number of amides is 1. The third-order valence-corrected chi connectivity index (χ3v) is 6.39. The Morgan fingerprint density at radius 3 is 1.71 bits per heavy atom. The Bertz CT molecular complexity index is 1430. The second kappa shape index (κ2) is 12.8. The summed E-state index contributed by atoms with van der Waals surface area (Å²) >= 11 is 0. The molecule has 3 aromatic carbocycles. The molecule has 1 heterocycles. The molecule has 0 aromatic heterocycles. The quantitative estimate of drug-likeness (QED) is 0.211. The van der Waals surface area contributed by atoms with Crippen LogP contribution < -0.4 is 4.74 Å². The molecule has 0 bridgehead atoms. The van der Waals surface area contributed by atoms with Crippen molar-refractivity contribution < 1.29 is 24.2 Å². The molecule has 0 saturated carbocycles. The summed E-state index contributed by atoms with van der Waals surface area (Å²) in [7, 11) is 3.90. The smallest absolute Gasteiger partial charge is 0.269 e. The fraction of sp³-hybridized carbons (Fsp3) is 0.200. The highest BCUT2D eigenvalue weighted by Crippen LogP contribution is 2.25. The summed E-state index contributed by atoms with van der Waals surface area (Å²) in [6, 6.07) is 18.3. The van der Waals surface area contributed by atoms with Crippen LogP contribution in [0.15, 0.2) is 83.9 Å². The van der Waals surface area contributed by atoms with Crippen LogP contribution in [-0.4, -0.2) is 71.7 Å². The summed E-state index contributed by atoms with van der Waals surface area (Å²) in [5, 5.41) is 22.0. The van der Waals surface area contributed by atoms with Gasteiger partial charge in [0.15, 0.2) is 5.78 Å². The predicted molar refractivity (Wildman–Crippen MR) is 154 cm³/mol. The van der Waals surface area contributed by atoms with Crippen LogP contribution in [0.3, 0.4) is 0 Å². The Labute approximate surface area is 236 Å². The molecule has 41 heavy (non-hydrogen) atoms. The number of rotatable bonds is 9.